The van der Waals surface area contributed by atoms with Crippen LogP contribution in [0.4, 0.5) is 17.1 Å². The van der Waals surface area contributed by atoms with E-state index in [9.17, 15) is 0 Å². The van der Waals surface area contributed by atoms with Gasteiger partial charge in [-0.3, -0.25) is 0 Å². The van der Waals surface area contributed by atoms with E-state index in [1.54, 1.807) is 0 Å². The van der Waals surface area contributed by atoms with Gasteiger partial charge in [-0.05, 0) is 87.3 Å². The maximum Gasteiger partial charge on any atom is 0.0562 e. The van der Waals surface area contributed by atoms with Crippen molar-refractivity contribution < 1.29 is 0 Å². The predicted octanol–water partition coefficient (Wildman–Crippen LogP) is 12.2. The van der Waals surface area contributed by atoms with Crippen molar-refractivity contribution in [3.63, 3.8) is 0 Å². The van der Waals surface area contributed by atoms with E-state index in [0.29, 0.717) is 0 Å². The third-order valence-corrected chi connectivity index (χ3v) is 9.13. The van der Waals surface area contributed by atoms with E-state index in [1.807, 2.05) is 0 Å². The third-order valence-electron chi connectivity index (χ3n) is 9.13. The lowest BCUT2D eigenvalue weighted by molar-refractivity contribution is 1.18. The van der Waals surface area contributed by atoms with E-state index in [1.165, 1.54) is 54.5 Å². The fourth-order valence-corrected chi connectivity index (χ4v) is 7.07. The van der Waals surface area contributed by atoms with Crippen LogP contribution < -0.4 is 4.90 Å². The Morgan fingerprint density at radius 2 is 0.978 bits per heavy atom. The molecule has 0 aliphatic heterocycles. The monoisotopic (exact) mass is 586 g/mol. The minimum atomic E-state index is 1.11. The number of anilines is 3. The number of hydrogen-bond donors (Lipinski definition) is 0. The molecule has 1 aromatic heterocycles. The van der Waals surface area contributed by atoms with Crippen LogP contribution in [0.15, 0.2) is 182 Å². The van der Waals surface area contributed by atoms with Gasteiger partial charge in [0.2, 0.25) is 0 Å². The van der Waals surface area contributed by atoms with Crippen LogP contribution in [0.5, 0.6) is 0 Å². The number of fused-ring (bicyclic) bond motifs is 5. The molecule has 0 saturated carbocycles. The Labute approximate surface area is 268 Å². The van der Waals surface area contributed by atoms with Crippen LogP contribution >= 0.6 is 0 Å². The fraction of sp³-hybridized carbons (Fsp3) is 0. The lowest BCUT2D eigenvalue weighted by atomic mass is 9.94. The molecule has 0 aliphatic carbocycles. The fourth-order valence-electron chi connectivity index (χ4n) is 7.07. The van der Waals surface area contributed by atoms with Gasteiger partial charge in [-0.1, -0.05) is 127 Å². The van der Waals surface area contributed by atoms with Gasteiger partial charge in [0.1, 0.15) is 0 Å². The molecule has 2 nitrogen and oxygen atoms in total. The first-order valence-corrected chi connectivity index (χ1v) is 15.8. The number of nitrogens with zero attached hydrogens (tertiary/aromatic N) is 2. The Balaban J connectivity index is 1.34. The van der Waals surface area contributed by atoms with E-state index in [2.05, 4.69) is 191 Å². The molecule has 0 N–H and O–H groups in total. The zero-order valence-corrected chi connectivity index (χ0v) is 25.2. The summed E-state index contributed by atoms with van der Waals surface area (Å²) in [6.07, 6.45) is 0. The Hall–Kier alpha value is -6.12. The third kappa shape index (κ3) is 4.27. The second-order valence-electron chi connectivity index (χ2n) is 11.8. The molecule has 9 rings (SSSR count). The lowest BCUT2D eigenvalue weighted by Crippen LogP contribution is -2.10. The second-order valence-corrected chi connectivity index (χ2v) is 11.8. The van der Waals surface area contributed by atoms with Gasteiger partial charge in [0.05, 0.1) is 11.0 Å². The highest BCUT2D eigenvalue weighted by atomic mass is 15.1. The van der Waals surface area contributed by atoms with Crippen LogP contribution in [0, 0.1) is 0 Å². The van der Waals surface area contributed by atoms with E-state index in [4.69, 9.17) is 0 Å². The first-order chi connectivity index (χ1) is 22.8. The van der Waals surface area contributed by atoms with Crippen molar-refractivity contribution in [3.05, 3.63) is 182 Å². The summed E-state index contributed by atoms with van der Waals surface area (Å²) in [6.45, 7) is 0. The summed E-state index contributed by atoms with van der Waals surface area (Å²) in [5, 5.41) is 7.47. The number of rotatable bonds is 5. The summed E-state index contributed by atoms with van der Waals surface area (Å²) in [6, 6.07) is 65.7. The molecule has 1 heterocycles. The largest absolute Gasteiger partial charge is 0.310 e. The van der Waals surface area contributed by atoms with Crippen molar-refractivity contribution in [3.8, 4) is 16.8 Å². The van der Waals surface area contributed by atoms with Crippen LogP contribution in [-0.4, -0.2) is 4.57 Å². The van der Waals surface area contributed by atoms with Gasteiger partial charge in [0, 0.05) is 33.5 Å². The Bertz CT molecular complexity index is 2520. The van der Waals surface area contributed by atoms with Crippen molar-refractivity contribution in [2.45, 2.75) is 0 Å². The molecule has 0 fully saturated rings. The lowest BCUT2D eigenvalue weighted by Gasteiger charge is -2.26. The quantitative estimate of drug-likeness (QED) is 0.195. The summed E-state index contributed by atoms with van der Waals surface area (Å²) >= 11 is 0. The SMILES string of the molecule is c1ccc(N(c2ccc3ccccc3c2)c2ccc3c4c(-c5cccc6ccccc56)cccc4n(-c4ccccc4)c3c2)cc1. The highest BCUT2D eigenvalue weighted by Crippen LogP contribution is 2.43. The predicted molar refractivity (Wildman–Crippen MR) is 196 cm³/mol. The van der Waals surface area contributed by atoms with Crippen LogP contribution in [0.2, 0.25) is 0 Å². The molecule has 0 amide bonds. The average Bonchev–Trinajstić information content (AvgIpc) is 3.46. The maximum atomic E-state index is 2.42. The summed E-state index contributed by atoms with van der Waals surface area (Å²) in [5.74, 6) is 0. The van der Waals surface area contributed by atoms with Gasteiger partial charge in [-0.2, -0.15) is 0 Å². The molecule has 8 aromatic carbocycles. The molecular formula is C44H30N2. The smallest absolute Gasteiger partial charge is 0.0562 e. The topological polar surface area (TPSA) is 8.17 Å². The molecule has 0 aliphatic rings. The second kappa shape index (κ2) is 10.8. The van der Waals surface area contributed by atoms with Crippen LogP contribution in [0.3, 0.4) is 0 Å². The van der Waals surface area contributed by atoms with E-state index in [-0.39, 0.29) is 0 Å². The first kappa shape index (κ1) is 26.3. The summed E-state index contributed by atoms with van der Waals surface area (Å²) in [7, 11) is 0. The standard InChI is InChI=1S/C44H30N2/c1-3-17-34(18-4-1)45(36-26-25-31-13-7-8-15-33(31)29-36)37-27-28-41-43(30-37)46(35-19-5-2-6-20-35)42-24-12-23-40(44(41)42)39-22-11-16-32-14-9-10-21-38(32)39/h1-30H. The summed E-state index contributed by atoms with van der Waals surface area (Å²) in [4.78, 5) is 2.37. The molecule has 2 heteroatoms. The van der Waals surface area contributed by atoms with E-state index in [0.717, 1.165) is 22.7 Å². The van der Waals surface area contributed by atoms with Crippen molar-refractivity contribution in [1.82, 2.24) is 4.57 Å². The first-order valence-electron chi connectivity index (χ1n) is 15.8. The van der Waals surface area contributed by atoms with Gasteiger partial charge in [-0.15, -0.1) is 0 Å². The zero-order valence-electron chi connectivity index (χ0n) is 25.2. The molecule has 0 bridgehead atoms. The highest BCUT2D eigenvalue weighted by Gasteiger charge is 2.20. The van der Waals surface area contributed by atoms with Crippen molar-refractivity contribution in [1.29, 1.82) is 0 Å². The minimum absolute atomic E-state index is 1.11. The molecular weight excluding hydrogens is 556 g/mol. The summed E-state index contributed by atoms with van der Waals surface area (Å²) < 4.78 is 2.42. The molecule has 0 unspecified atom stereocenters. The molecule has 9 aromatic rings. The Kier molecular flexibility index (Phi) is 6.17. The molecule has 0 radical (unpaired) electrons. The van der Waals surface area contributed by atoms with Crippen molar-refractivity contribution in [2.75, 3.05) is 4.90 Å². The molecule has 0 saturated heterocycles. The van der Waals surface area contributed by atoms with Gasteiger partial charge >= 0.3 is 0 Å². The maximum absolute atomic E-state index is 2.42. The van der Waals surface area contributed by atoms with Crippen LogP contribution in [0.1, 0.15) is 0 Å². The number of para-hydroxylation sites is 2. The zero-order chi connectivity index (χ0) is 30.5. The number of hydrogen-bond acceptors (Lipinski definition) is 1. The van der Waals surface area contributed by atoms with E-state index >= 15 is 0 Å². The molecule has 216 valence electrons. The van der Waals surface area contributed by atoms with Gasteiger partial charge in [0.15, 0.2) is 0 Å². The Morgan fingerprint density at radius 1 is 0.348 bits per heavy atom. The summed E-state index contributed by atoms with van der Waals surface area (Å²) in [5.41, 5.74) is 9.37. The van der Waals surface area contributed by atoms with Crippen LogP contribution in [0.25, 0.3) is 60.2 Å². The molecule has 0 spiro atoms. The van der Waals surface area contributed by atoms with Gasteiger partial charge in [0.25, 0.3) is 0 Å². The van der Waals surface area contributed by atoms with Gasteiger partial charge < -0.3 is 9.47 Å². The highest BCUT2D eigenvalue weighted by molar-refractivity contribution is 6.18. The Morgan fingerprint density at radius 3 is 1.83 bits per heavy atom. The number of benzene rings is 8. The average molecular weight is 587 g/mol. The molecule has 46 heavy (non-hydrogen) atoms. The van der Waals surface area contributed by atoms with E-state index < -0.39 is 0 Å². The number of aromatic nitrogens is 1. The minimum Gasteiger partial charge on any atom is -0.310 e. The normalized spacial score (nSPS) is 11.5. The van der Waals surface area contributed by atoms with Gasteiger partial charge in [-0.25, -0.2) is 0 Å². The van der Waals surface area contributed by atoms with Crippen LogP contribution in [-0.2, 0) is 0 Å². The van der Waals surface area contributed by atoms with Crippen molar-refractivity contribution in [2.24, 2.45) is 0 Å². The van der Waals surface area contributed by atoms with Crippen molar-refractivity contribution >= 4 is 60.4 Å². The molecule has 0 atom stereocenters.